The highest BCUT2D eigenvalue weighted by atomic mass is 79.9. The van der Waals surface area contributed by atoms with Gasteiger partial charge in [0, 0.05) is 24.3 Å². The van der Waals surface area contributed by atoms with Crippen molar-refractivity contribution in [2.24, 2.45) is 7.05 Å². The highest BCUT2D eigenvalue weighted by molar-refractivity contribution is 9.10. The number of carbonyl (C=O) groups is 1. The first-order chi connectivity index (χ1) is 9.10. The molecular formula is C14H16BrN3O. The summed E-state index contributed by atoms with van der Waals surface area (Å²) >= 11 is 3.41. The van der Waals surface area contributed by atoms with Crippen molar-refractivity contribution in [3.05, 3.63) is 51.8 Å². The Bertz CT molecular complexity index is 592. The molecule has 0 aliphatic rings. The summed E-state index contributed by atoms with van der Waals surface area (Å²) in [6.45, 7) is 2.50. The van der Waals surface area contributed by atoms with E-state index in [4.69, 9.17) is 0 Å². The van der Waals surface area contributed by atoms with Crippen LogP contribution in [0.25, 0.3) is 0 Å². The van der Waals surface area contributed by atoms with Crippen LogP contribution in [0.15, 0.2) is 34.9 Å². The first kappa shape index (κ1) is 13.8. The van der Waals surface area contributed by atoms with Crippen molar-refractivity contribution in [3.8, 4) is 0 Å². The minimum absolute atomic E-state index is 0.0788. The van der Waals surface area contributed by atoms with E-state index in [0.29, 0.717) is 12.1 Å². The fourth-order valence-corrected chi connectivity index (χ4v) is 2.36. The van der Waals surface area contributed by atoms with Crippen LogP contribution in [0, 0.1) is 0 Å². The average molecular weight is 322 g/mol. The van der Waals surface area contributed by atoms with E-state index in [9.17, 15) is 4.79 Å². The van der Waals surface area contributed by atoms with Gasteiger partial charge in [0.25, 0.3) is 5.91 Å². The Balaban J connectivity index is 2.05. The third kappa shape index (κ3) is 3.44. The zero-order chi connectivity index (χ0) is 13.8. The summed E-state index contributed by atoms with van der Waals surface area (Å²) in [4.78, 5) is 12.1. The van der Waals surface area contributed by atoms with E-state index in [1.807, 2.05) is 38.2 Å². The van der Waals surface area contributed by atoms with E-state index in [1.54, 1.807) is 10.9 Å². The third-order valence-corrected chi connectivity index (χ3v) is 3.32. The quantitative estimate of drug-likeness (QED) is 0.941. The lowest BCUT2D eigenvalue weighted by Gasteiger charge is -2.05. The Morgan fingerprint density at radius 1 is 1.47 bits per heavy atom. The Hall–Kier alpha value is -1.62. The largest absolute Gasteiger partial charge is 0.348 e. The molecule has 100 valence electrons. The van der Waals surface area contributed by atoms with E-state index < -0.39 is 0 Å². The number of nitrogens with one attached hydrogen (secondary N) is 1. The van der Waals surface area contributed by atoms with E-state index in [1.165, 1.54) is 0 Å². The first-order valence-electron chi connectivity index (χ1n) is 6.15. The molecule has 1 N–H and O–H groups in total. The lowest BCUT2D eigenvalue weighted by atomic mass is 10.2. The highest BCUT2D eigenvalue weighted by Crippen LogP contribution is 2.12. The van der Waals surface area contributed by atoms with Crippen molar-refractivity contribution in [1.82, 2.24) is 15.1 Å². The third-order valence-electron chi connectivity index (χ3n) is 2.83. The summed E-state index contributed by atoms with van der Waals surface area (Å²) in [5, 5.41) is 7.19. The van der Waals surface area contributed by atoms with Crippen molar-refractivity contribution in [1.29, 1.82) is 0 Å². The molecule has 5 heteroatoms. The molecule has 0 aliphatic carbocycles. The van der Waals surface area contributed by atoms with Crippen LogP contribution in [-0.4, -0.2) is 15.7 Å². The standard InChI is InChI=1S/C14H16BrN3O/c1-3-13-12(9-18(2)17-13)14(19)16-8-10-5-4-6-11(15)7-10/h4-7,9H,3,8H2,1-2H3,(H,16,19). The summed E-state index contributed by atoms with van der Waals surface area (Å²) in [6, 6.07) is 7.88. The van der Waals surface area contributed by atoms with Crippen molar-refractivity contribution >= 4 is 21.8 Å². The Labute approximate surface area is 120 Å². The van der Waals surface area contributed by atoms with Gasteiger partial charge in [-0.3, -0.25) is 9.48 Å². The van der Waals surface area contributed by atoms with E-state index in [0.717, 1.165) is 22.2 Å². The monoisotopic (exact) mass is 321 g/mol. The summed E-state index contributed by atoms with van der Waals surface area (Å²) < 4.78 is 2.68. The molecule has 0 unspecified atom stereocenters. The lowest BCUT2D eigenvalue weighted by Crippen LogP contribution is -2.23. The number of benzene rings is 1. The number of rotatable bonds is 4. The second-order valence-corrected chi connectivity index (χ2v) is 5.24. The molecule has 2 rings (SSSR count). The maximum absolute atomic E-state index is 12.1. The predicted octanol–water partition coefficient (Wildman–Crippen LogP) is 2.68. The van der Waals surface area contributed by atoms with Gasteiger partial charge in [-0.15, -0.1) is 0 Å². The van der Waals surface area contributed by atoms with Gasteiger partial charge < -0.3 is 5.32 Å². The fraction of sp³-hybridized carbons (Fsp3) is 0.286. The maximum atomic E-state index is 12.1. The number of hydrogen-bond donors (Lipinski definition) is 1. The van der Waals surface area contributed by atoms with Gasteiger partial charge in [-0.2, -0.15) is 5.10 Å². The molecule has 0 aliphatic heterocycles. The maximum Gasteiger partial charge on any atom is 0.255 e. The summed E-state index contributed by atoms with van der Waals surface area (Å²) in [5.74, 6) is -0.0788. The molecule has 0 bridgehead atoms. The SMILES string of the molecule is CCc1nn(C)cc1C(=O)NCc1cccc(Br)c1. The molecule has 0 spiro atoms. The van der Waals surface area contributed by atoms with Crippen LogP contribution in [0.2, 0.25) is 0 Å². The molecule has 1 aromatic carbocycles. The molecule has 2 aromatic rings. The number of carbonyl (C=O) groups excluding carboxylic acids is 1. The molecule has 0 atom stereocenters. The van der Waals surface area contributed by atoms with Crippen molar-refractivity contribution in [2.75, 3.05) is 0 Å². The number of aromatic nitrogens is 2. The van der Waals surface area contributed by atoms with Crippen LogP contribution < -0.4 is 5.32 Å². The van der Waals surface area contributed by atoms with Crippen LogP contribution in [-0.2, 0) is 20.0 Å². The van der Waals surface area contributed by atoms with E-state index in [-0.39, 0.29) is 5.91 Å². The van der Waals surface area contributed by atoms with Gasteiger partial charge in [0.15, 0.2) is 0 Å². The number of hydrogen-bond acceptors (Lipinski definition) is 2. The van der Waals surface area contributed by atoms with Gasteiger partial charge >= 0.3 is 0 Å². The van der Waals surface area contributed by atoms with Crippen LogP contribution in [0.1, 0.15) is 28.5 Å². The number of amides is 1. The number of nitrogens with zero attached hydrogens (tertiary/aromatic N) is 2. The molecule has 1 aromatic heterocycles. The Morgan fingerprint density at radius 3 is 2.95 bits per heavy atom. The molecule has 0 radical (unpaired) electrons. The van der Waals surface area contributed by atoms with Crippen LogP contribution >= 0.6 is 15.9 Å². The first-order valence-corrected chi connectivity index (χ1v) is 6.94. The van der Waals surface area contributed by atoms with Crippen LogP contribution in [0.5, 0.6) is 0 Å². The molecular weight excluding hydrogens is 306 g/mol. The van der Waals surface area contributed by atoms with E-state index >= 15 is 0 Å². The topological polar surface area (TPSA) is 46.9 Å². The molecule has 4 nitrogen and oxygen atoms in total. The molecule has 0 fully saturated rings. The van der Waals surface area contributed by atoms with Gasteiger partial charge in [-0.05, 0) is 24.1 Å². The van der Waals surface area contributed by atoms with E-state index in [2.05, 4.69) is 26.3 Å². The Kier molecular flexibility index (Phi) is 4.37. The van der Waals surface area contributed by atoms with Crippen molar-refractivity contribution < 1.29 is 4.79 Å². The zero-order valence-electron chi connectivity index (χ0n) is 11.0. The van der Waals surface area contributed by atoms with Gasteiger partial charge in [0.1, 0.15) is 0 Å². The number of aryl methyl sites for hydroxylation is 2. The van der Waals surface area contributed by atoms with Crippen LogP contribution in [0.3, 0.4) is 0 Å². The molecule has 19 heavy (non-hydrogen) atoms. The van der Waals surface area contributed by atoms with Crippen molar-refractivity contribution in [2.45, 2.75) is 19.9 Å². The normalized spacial score (nSPS) is 10.5. The van der Waals surface area contributed by atoms with Gasteiger partial charge in [-0.25, -0.2) is 0 Å². The summed E-state index contributed by atoms with van der Waals surface area (Å²) in [7, 11) is 1.82. The second kappa shape index (κ2) is 6.02. The van der Waals surface area contributed by atoms with Crippen LogP contribution in [0.4, 0.5) is 0 Å². The minimum atomic E-state index is -0.0788. The average Bonchev–Trinajstić information content (AvgIpc) is 2.77. The second-order valence-electron chi connectivity index (χ2n) is 4.33. The molecule has 0 saturated carbocycles. The molecule has 0 saturated heterocycles. The number of halogens is 1. The van der Waals surface area contributed by atoms with Gasteiger partial charge in [-0.1, -0.05) is 35.0 Å². The summed E-state index contributed by atoms with van der Waals surface area (Å²) in [5.41, 5.74) is 2.54. The molecule has 1 amide bonds. The Morgan fingerprint density at radius 2 is 2.26 bits per heavy atom. The highest BCUT2D eigenvalue weighted by Gasteiger charge is 2.13. The van der Waals surface area contributed by atoms with Gasteiger partial charge in [0.05, 0.1) is 11.3 Å². The van der Waals surface area contributed by atoms with Gasteiger partial charge in [0.2, 0.25) is 0 Å². The smallest absolute Gasteiger partial charge is 0.255 e. The summed E-state index contributed by atoms with van der Waals surface area (Å²) in [6.07, 6.45) is 2.51. The zero-order valence-corrected chi connectivity index (χ0v) is 12.6. The van der Waals surface area contributed by atoms with Crippen molar-refractivity contribution in [3.63, 3.8) is 0 Å². The predicted molar refractivity (Wildman–Crippen MR) is 77.9 cm³/mol. The lowest BCUT2D eigenvalue weighted by molar-refractivity contribution is 0.0950. The molecule has 1 heterocycles. The minimum Gasteiger partial charge on any atom is -0.348 e. The fourth-order valence-electron chi connectivity index (χ4n) is 1.91.